The van der Waals surface area contributed by atoms with E-state index in [1.54, 1.807) is 24.3 Å². The summed E-state index contributed by atoms with van der Waals surface area (Å²) in [5.74, 6) is -2.54. The molecule has 0 aliphatic carbocycles. The molecule has 0 heterocycles. The number of amides is 2. The van der Waals surface area contributed by atoms with Crippen molar-refractivity contribution >= 4 is 23.5 Å². The maximum atomic E-state index is 12.8. The first-order chi connectivity index (χ1) is 13.0. The third-order valence-electron chi connectivity index (χ3n) is 3.51. The van der Waals surface area contributed by atoms with Gasteiger partial charge in [0.2, 0.25) is 0 Å². The molecule has 0 bridgehead atoms. The molecule has 3 N–H and O–H groups in total. The number of aliphatic carboxylic acids is 1. The highest BCUT2D eigenvalue weighted by atomic mass is 19.1. The second-order valence-electron chi connectivity index (χ2n) is 5.54. The molecule has 2 amide bonds. The van der Waals surface area contributed by atoms with E-state index in [4.69, 9.17) is 5.11 Å². The predicted molar refractivity (Wildman–Crippen MR) is 96.7 cm³/mol. The van der Waals surface area contributed by atoms with Crippen LogP contribution in [0.3, 0.4) is 0 Å². The summed E-state index contributed by atoms with van der Waals surface area (Å²) in [6.07, 6.45) is 0.00641. The van der Waals surface area contributed by atoms with E-state index >= 15 is 0 Å². The largest absolute Gasteiger partial charge is 0.481 e. The Bertz CT molecular complexity index is 836. The van der Waals surface area contributed by atoms with Crippen LogP contribution in [0.4, 0.5) is 4.39 Å². The lowest BCUT2D eigenvalue weighted by Crippen LogP contribution is -2.35. The maximum Gasteiger partial charge on any atom is 0.303 e. The highest BCUT2D eigenvalue weighted by Gasteiger charge is 2.10. The zero-order valence-corrected chi connectivity index (χ0v) is 14.3. The molecule has 0 aliphatic heterocycles. The van der Waals surface area contributed by atoms with Crippen LogP contribution >= 0.6 is 0 Å². The van der Waals surface area contributed by atoms with Crippen LogP contribution in [0.5, 0.6) is 0 Å². The molecular weight excluding hydrogens is 353 g/mol. The second kappa shape index (κ2) is 9.81. The van der Waals surface area contributed by atoms with E-state index in [-0.39, 0.29) is 24.9 Å². The fraction of sp³-hybridized carbons (Fsp3) is 0.158. The summed E-state index contributed by atoms with van der Waals surface area (Å²) >= 11 is 0. The zero-order valence-electron chi connectivity index (χ0n) is 14.3. The monoisotopic (exact) mass is 371 g/mol. The van der Waals surface area contributed by atoms with E-state index in [0.717, 1.165) is 12.1 Å². The lowest BCUT2D eigenvalue weighted by Gasteiger charge is -2.07. The first kappa shape index (κ1) is 19.8. The number of nitrogens with one attached hydrogen (secondary N) is 2. The number of rotatable bonds is 8. The molecule has 0 spiro atoms. The van der Waals surface area contributed by atoms with Crippen molar-refractivity contribution in [3.8, 4) is 0 Å². The molecule has 0 saturated carbocycles. The molecule has 0 unspecified atom stereocenters. The van der Waals surface area contributed by atoms with E-state index in [0.29, 0.717) is 11.3 Å². The lowest BCUT2D eigenvalue weighted by molar-refractivity contribution is -0.136. The van der Waals surface area contributed by atoms with Gasteiger partial charge in [-0.2, -0.15) is 5.10 Å². The number of nitrogens with zero attached hydrogens (tertiary/aromatic N) is 1. The minimum Gasteiger partial charge on any atom is -0.481 e. The lowest BCUT2D eigenvalue weighted by atomic mass is 10.1. The molecule has 8 heteroatoms. The number of hydrazone groups is 1. The van der Waals surface area contributed by atoms with E-state index in [2.05, 4.69) is 15.8 Å². The van der Waals surface area contributed by atoms with E-state index in [1.807, 2.05) is 6.07 Å². The average Bonchev–Trinajstić information content (AvgIpc) is 2.67. The Labute approximate surface area is 154 Å². The van der Waals surface area contributed by atoms with Crippen LogP contribution in [0, 0.1) is 5.82 Å². The van der Waals surface area contributed by atoms with Crippen molar-refractivity contribution in [2.24, 2.45) is 5.10 Å². The van der Waals surface area contributed by atoms with Crippen molar-refractivity contribution < 1.29 is 23.9 Å². The minimum atomic E-state index is -0.975. The van der Waals surface area contributed by atoms with Gasteiger partial charge in [-0.05, 0) is 29.8 Å². The van der Waals surface area contributed by atoms with Gasteiger partial charge >= 0.3 is 5.97 Å². The van der Waals surface area contributed by atoms with Crippen LogP contribution in [0.25, 0.3) is 0 Å². The van der Waals surface area contributed by atoms with E-state index in [1.165, 1.54) is 12.1 Å². The number of carboxylic acids is 1. The van der Waals surface area contributed by atoms with Gasteiger partial charge in [-0.15, -0.1) is 0 Å². The quantitative estimate of drug-likeness (QED) is 0.487. The van der Waals surface area contributed by atoms with Gasteiger partial charge in [-0.1, -0.05) is 30.3 Å². The highest BCUT2D eigenvalue weighted by Crippen LogP contribution is 2.06. The Morgan fingerprint density at radius 1 is 0.926 bits per heavy atom. The maximum absolute atomic E-state index is 12.8. The first-order valence-electron chi connectivity index (χ1n) is 8.12. The third kappa shape index (κ3) is 6.69. The summed E-state index contributed by atoms with van der Waals surface area (Å²) in [7, 11) is 0. The summed E-state index contributed by atoms with van der Waals surface area (Å²) < 4.78 is 12.8. The molecule has 140 valence electrons. The van der Waals surface area contributed by atoms with Crippen LogP contribution in [0.2, 0.25) is 0 Å². The van der Waals surface area contributed by atoms with E-state index in [9.17, 15) is 18.8 Å². The fourth-order valence-corrected chi connectivity index (χ4v) is 2.15. The standard InChI is InChI=1S/C19H18FN3O4/c20-15-8-6-14(7-9-15)19(27)21-12-17(24)23-22-16(10-11-18(25)26)13-4-2-1-3-5-13/h1-9H,10-12H2,(H,21,27)(H,23,24)(H,25,26)/b22-16-. The van der Waals surface area contributed by atoms with Crippen molar-refractivity contribution in [3.63, 3.8) is 0 Å². The number of halogens is 1. The van der Waals surface area contributed by atoms with Gasteiger partial charge in [-0.3, -0.25) is 14.4 Å². The van der Waals surface area contributed by atoms with Crippen LogP contribution in [0.15, 0.2) is 59.7 Å². The third-order valence-corrected chi connectivity index (χ3v) is 3.51. The molecule has 0 atom stereocenters. The Balaban J connectivity index is 1.94. The molecule has 27 heavy (non-hydrogen) atoms. The van der Waals surface area contributed by atoms with Crippen LogP contribution in [0.1, 0.15) is 28.8 Å². The normalized spacial score (nSPS) is 10.9. The Hall–Kier alpha value is -3.55. The van der Waals surface area contributed by atoms with Gasteiger partial charge in [0.25, 0.3) is 11.8 Å². The van der Waals surface area contributed by atoms with Crippen molar-refractivity contribution in [3.05, 3.63) is 71.5 Å². The number of carbonyl (C=O) groups excluding carboxylic acids is 2. The van der Waals surface area contributed by atoms with Gasteiger partial charge in [-0.25, -0.2) is 9.82 Å². The van der Waals surface area contributed by atoms with Crippen molar-refractivity contribution in [1.29, 1.82) is 0 Å². The molecule has 0 aliphatic rings. The minimum absolute atomic E-state index is 0.134. The Kier molecular flexibility index (Phi) is 7.18. The number of hydrogen-bond acceptors (Lipinski definition) is 4. The smallest absolute Gasteiger partial charge is 0.303 e. The number of carbonyl (C=O) groups is 3. The summed E-state index contributed by atoms with van der Waals surface area (Å²) in [5.41, 5.74) is 3.63. The number of carboxylic acid groups (broad SMARTS) is 1. The van der Waals surface area contributed by atoms with E-state index < -0.39 is 23.6 Å². The summed E-state index contributed by atoms with van der Waals surface area (Å²) in [4.78, 5) is 34.6. The summed E-state index contributed by atoms with van der Waals surface area (Å²) in [6.45, 7) is -0.333. The molecule has 2 aromatic carbocycles. The van der Waals surface area contributed by atoms with Crippen LogP contribution in [-0.2, 0) is 9.59 Å². The molecule has 0 radical (unpaired) electrons. The zero-order chi connectivity index (χ0) is 19.6. The molecule has 0 saturated heterocycles. The fourth-order valence-electron chi connectivity index (χ4n) is 2.15. The highest BCUT2D eigenvalue weighted by molar-refractivity contribution is 6.02. The van der Waals surface area contributed by atoms with Crippen molar-refractivity contribution in [2.45, 2.75) is 12.8 Å². The van der Waals surface area contributed by atoms with Crippen LogP contribution < -0.4 is 10.7 Å². The topological polar surface area (TPSA) is 108 Å². The van der Waals surface area contributed by atoms with Crippen LogP contribution in [-0.4, -0.2) is 35.1 Å². The molecule has 2 rings (SSSR count). The molecule has 7 nitrogen and oxygen atoms in total. The van der Waals surface area contributed by atoms with Crippen molar-refractivity contribution in [1.82, 2.24) is 10.7 Å². The van der Waals surface area contributed by atoms with Gasteiger partial charge in [0.15, 0.2) is 0 Å². The summed E-state index contributed by atoms with van der Waals surface area (Å²) in [5, 5.41) is 15.2. The first-order valence-corrected chi connectivity index (χ1v) is 8.12. The molecule has 2 aromatic rings. The van der Waals surface area contributed by atoms with Gasteiger partial charge in [0, 0.05) is 12.0 Å². The SMILES string of the molecule is O=C(O)CC/C(=N/NC(=O)CNC(=O)c1ccc(F)cc1)c1ccccc1. The number of hydrogen-bond donors (Lipinski definition) is 3. The average molecular weight is 371 g/mol. The molecule has 0 fully saturated rings. The van der Waals surface area contributed by atoms with Gasteiger partial charge in [0.1, 0.15) is 5.82 Å². The Morgan fingerprint density at radius 3 is 2.22 bits per heavy atom. The molecular formula is C19H18FN3O4. The molecule has 0 aromatic heterocycles. The van der Waals surface area contributed by atoms with Gasteiger partial charge < -0.3 is 10.4 Å². The van der Waals surface area contributed by atoms with Crippen molar-refractivity contribution in [2.75, 3.05) is 6.54 Å². The number of benzene rings is 2. The van der Waals surface area contributed by atoms with Gasteiger partial charge in [0.05, 0.1) is 18.7 Å². The second-order valence-corrected chi connectivity index (χ2v) is 5.54. The summed E-state index contributed by atoms with van der Waals surface area (Å²) in [6, 6.07) is 13.8. The predicted octanol–water partition coefficient (Wildman–Crippen LogP) is 1.94. The Morgan fingerprint density at radius 2 is 1.59 bits per heavy atom.